The average Bonchev–Trinajstić information content (AvgIpc) is 3.29. The molecule has 0 bridgehead atoms. The number of aryl methyl sites for hydroxylation is 2. The van der Waals surface area contributed by atoms with Crippen LogP contribution in [0.1, 0.15) is 63.0 Å². The Morgan fingerprint density at radius 2 is 1.33 bits per heavy atom. The van der Waals surface area contributed by atoms with Crippen LogP contribution in [-0.2, 0) is 12.8 Å². The number of Topliss-reactive ketones (excluding diaryl/α,β-unsaturated/α-hetero) is 2. The molecule has 4 aromatic rings. The molecule has 1 aliphatic heterocycles. The minimum Gasteiger partial charge on any atom is -0.372 e. The van der Waals surface area contributed by atoms with Crippen molar-refractivity contribution in [3.63, 3.8) is 0 Å². The topological polar surface area (TPSA) is 65.2 Å². The van der Waals surface area contributed by atoms with Crippen molar-refractivity contribution in [2.24, 2.45) is 5.92 Å². The van der Waals surface area contributed by atoms with Gasteiger partial charge in [0.15, 0.2) is 11.6 Å². The van der Waals surface area contributed by atoms with Gasteiger partial charge in [0.2, 0.25) is 0 Å². The Labute approximate surface area is 231 Å². The molecule has 2 N–H and O–H groups in total. The van der Waals surface area contributed by atoms with Gasteiger partial charge in [-0.2, -0.15) is 0 Å². The van der Waals surface area contributed by atoms with Crippen molar-refractivity contribution in [2.75, 3.05) is 23.3 Å². The zero-order valence-electron chi connectivity index (χ0n) is 23.1. The number of hydrogen-bond donors (Lipinski definition) is 2. The number of piperidine rings is 1. The Morgan fingerprint density at radius 1 is 0.795 bits per heavy atom. The number of aromatic nitrogens is 1. The van der Waals surface area contributed by atoms with Crippen LogP contribution in [0.25, 0.3) is 0 Å². The maximum Gasteiger partial charge on any atom is 0.169 e. The van der Waals surface area contributed by atoms with E-state index in [9.17, 15) is 9.59 Å². The summed E-state index contributed by atoms with van der Waals surface area (Å²) < 4.78 is 0. The molecular formula is C34H37N3O2. The number of benzene rings is 3. The van der Waals surface area contributed by atoms with Gasteiger partial charge in [-0.3, -0.25) is 9.59 Å². The molecule has 3 aromatic carbocycles. The van der Waals surface area contributed by atoms with Crippen LogP contribution in [0.4, 0.5) is 17.1 Å². The van der Waals surface area contributed by atoms with Crippen LogP contribution in [0.2, 0.25) is 0 Å². The highest BCUT2D eigenvalue weighted by Crippen LogP contribution is 2.24. The van der Waals surface area contributed by atoms with E-state index in [1.807, 2.05) is 80.6 Å². The van der Waals surface area contributed by atoms with Crippen molar-refractivity contribution in [1.29, 1.82) is 0 Å². The van der Waals surface area contributed by atoms with Gasteiger partial charge in [-0.1, -0.05) is 31.2 Å². The van der Waals surface area contributed by atoms with Crippen molar-refractivity contribution >= 4 is 28.6 Å². The van der Waals surface area contributed by atoms with E-state index in [2.05, 4.69) is 34.3 Å². The highest BCUT2D eigenvalue weighted by Gasteiger charge is 2.17. The third-order valence-electron chi connectivity index (χ3n) is 7.71. The molecule has 39 heavy (non-hydrogen) atoms. The monoisotopic (exact) mass is 519 g/mol. The lowest BCUT2D eigenvalue weighted by Gasteiger charge is -2.32. The Kier molecular flexibility index (Phi) is 7.97. The molecule has 200 valence electrons. The van der Waals surface area contributed by atoms with Crippen molar-refractivity contribution in [1.82, 2.24) is 4.98 Å². The van der Waals surface area contributed by atoms with Gasteiger partial charge < -0.3 is 15.2 Å². The second kappa shape index (κ2) is 11.7. The van der Waals surface area contributed by atoms with Gasteiger partial charge in [-0.05, 0) is 98.3 Å². The average molecular weight is 520 g/mol. The quantitative estimate of drug-likeness (QED) is 0.225. The molecule has 0 atom stereocenters. The molecule has 0 aliphatic carbocycles. The predicted octanol–water partition coefficient (Wildman–Crippen LogP) is 7.46. The standard InChI is InChI=1S/C34H37N3O2/c1-23-16-18-37(19-17-23)31-14-8-28(9-15-31)33(38)21-26-4-10-29(11-5-26)36-30-12-6-27(7-13-30)22-34(39)32-20-24(2)35-25(32)3/h4-15,20,23,35-36H,16-19,21-22H2,1-3H3. The Bertz CT molecular complexity index is 1430. The summed E-state index contributed by atoms with van der Waals surface area (Å²) in [5.41, 5.74) is 8.52. The van der Waals surface area contributed by atoms with Crippen molar-refractivity contribution in [2.45, 2.75) is 46.5 Å². The minimum absolute atomic E-state index is 0.121. The molecule has 1 saturated heterocycles. The summed E-state index contributed by atoms with van der Waals surface area (Å²) >= 11 is 0. The molecule has 5 nitrogen and oxygen atoms in total. The molecule has 0 amide bonds. The number of ketones is 2. The van der Waals surface area contributed by atoms with E-state index < -0.39 is 0 Å². The first-order valence-electron chi connectivity index (χ1n) is 13.9. The first-order chi connectivity index (χ1) is 18.8. The highest BCUT2D eigenvalue weighted by atomic mass is 16.1. The van der Waals surface area contributed by atoms with Crippen LogP contribution in [-0.4, -0.2) is 29.6 Å². The van der Waals surface area contributed by atoms with Gasteiger partial charge in [0, 0.05) is 65.5 Å². The van der Waals surface area contributed by atoms with Crippen LogP contribution in [0.5, 0.6) is 0 Å². The summed E-state index contributed by atoms with van der Waals surface area (Å²) in [5.74, 6) is 1.05. The number of anilines is 3. The van der Waals surface area contributed by atoms with Crippen molar-refractivity contribution < 1.29 is 9.59 Å². The zero-order chi connectivity index (χ0) is 27.4. The molecule has 1 fully saturated rings. The molecule has 0 unspecified atom stereocenters. The summed E-state index contributed by atoms with van der Waals surface area (Å²) in [6, 6.07) is 25.9. The van der Waals surface area contributed by atoms with Gasteiger partial charge in [0.05, 0.1) is 0 Å². The molecule has 1 aromatic heterocycles. The number of carbonyl (C=O) groups excluding carboxylic acids is 2. The van der Waals surface area contributed by atoms with E-state index in [1.54, 1.807) is 0 Å². The summed E-state index contributed by atoms with van der Waals surface area (Å²) in [7, 11) is 0. The molecular weight excluding hydrogens is 482 g/mol. The predicted molar refractivity (Wildman–Crippen MR) is 160 cm³/mol. The number of nitrogens with one attached hydrogen (secondary N) is 2. The summed E-state index contributed by atoms with van der Waals surface area (Å²) in [4.78, 5) is 31.1. The van der Waals surface area contributed by atoms with E-state index in [1.165, 1.54) is 18.5 Å². The Hall–Kier alpha value is -4.12. The van der Waals surface area contributed by atoms with Crippen molar-refractivity contribution in [3.8, 4) is 0 Å². The summed E-state index contributed by atoms with van der Waals surface area (Å²) in [6.07, 6.45) is 3.21. The fraction of sp³-hybridized carbons (Fsp3) is 0.294. The molecule has 2 heterocycles. The van der Waals surface area contributed by atoms with E-state index >= 15 is 0 Å². The van der Waals surface area contributed by atoms with Gasteiger partial charge in [-0.15, -0.1) is 0 Å². The zero-order valence-corrected chi connectivity index (χ0v) is 23.1. The second-order valence-corrected chi connectivity index (χ2v) is 10.9. The van der Waals surface area contributed by atoms with Crippen LogP contribution >= 0.6 is 0 Å². The lowest BCUT2D eigenvalue weighted by atomic mass is 9.98. The molecule has 5 rings (SSSR count). The van der Waals surface area contributed by atoms with Crippen LogP contribution < -0.4 is 10.2 Å². The number of rotatable bonds is 9. The maximum absolute atomic E-state index is 12.9. The van der Waals surface area contributed by atoms with Crippen LogP contribution in [0.15, 0.2) is 78.9 Å². The van der Waals surface area contributed by atoms with Crippen LogP contribution in [0.3, 0.4) is 0 Å². The summed E-state index contributed by atoms with van der Waals surface area (Å²) in [6.45, 7) is 8.39. The molecule has 0 radical (unpaired) electrons. The van der Waals surface area contributed by atoms with Gasteiger partial charge in [0.1, 0.15) is 0 Å². The normalized spacial score (nSPS) is 13.9. The number of carbonyl (C=O) groups is 2. The third-order valence-corrected chi connectivity index (χ3v) is 7.71. The molecule has 0 spiro atoms. The van der Waals surface area contributed by atoms with E-state index in [-0.39, 0.29) is 11.6 Å². The van der Waals surface area contributed by atoms with Gasteiger partial charge >= 0.3 is 0 Å². The maximum atomic E-state index is 12.9. The lowest BCUT2D eigenvalue weighted by Crippen LogP contribution is -2.32. The SMILES string of the molecule is Cc1cc(C(=O)Cc2ccc(Nc3ccc(CC(=O)c4ccc(N5CCC(C)CC5)cc4)cc3)cc2)c(C)[nH]1. The minimum atomic E-state index is 0.121. The van der Waals surface area contributed by atoms with Gasteiger partial charge in [0.25, 0.3) is 0 Å². The third kappa shape index (κ3) is 6.66. The fourth-order valence-corrected chi connectivity index (χ4v) is 5.29. The van der Waals surface area contributed by atoms with Crippen molar-refractivity contribution in [3.05, 3.63) is 113 Å². The second-order valence-electron chi connectivity index (χ2n) is 10.9. The number of nitrogens with zero attached hydrogens (tertiary/aromatic N) is 1. The van der Waals surface area contributed by atoms with E-state index in [0.717, 1.165) is 64.0 Å². The first-order valence-corrected chi connectivity index (χ1v) is 13.9. The molecule has 0 saturated carbocycles. The first kappa shape index (κ1) is 26.5. The number of hydrogen-bond acceptors (Lipinski definition) is 4. The number of aromatic amines is 1. The Balaban J connectivity index is 1.13. The fourth-order valence-electron chi connectivity index (χ4n) is 5.29. The Morgan fingerprint density at radius 3 is 1.85 bits per heavy atom. The molecule has 1 aliphatic rings. The summed E-state index contributed by atoms with van der Waals surface area (Å²) in [5, 5.41) is 3.40. The van der Waals surface area contributed by atoms with Crippen LogP contribution in [0, 0.1) is 19.8 Å². The van der Waals surface area contributed by atoms with E-state index in [4.69, 9.17) is 0 Å². The van der Waals surface area contributed by atoms with Gasteiger partial charge in [-0.25, -0.2) is 0 Å². The smallest absolute Gasteiger partial charge is 0.169 e. The largest absolute Gasteiger partial charge is 0.372 e. The highest BCUT2D eigenvalue weighted by molar-refractivity contribution is 5.99. The lowest BCUT2D eigenvalue weighted by molar-refractivity contribution is 0.0984. The number of H-pyrrole nitrogens is 1. The molecule has 5 heteroatoms. The van der Waals surface area contributed by atoms with E-state index in [0.29, 0.717) is 12.8 Å².